The fourth-order valence-electron chi connectivity index (χ4n) is 3.61. The number of nitrogens with zero attached hydrogens (tertiary/aromatic N) is 3. The molecule has 1 aliphatic heterocycles. The second-order valence-corrected chi connectivity index (χ2v) is 10.0. The zero-order chi connectivity index (χ0) is 25.3. The molecule has 10 heteroatoms. The van der Waals surface area contributed by atoms with Gasteiger partial charge < -0.3 is 5.11 Å². The van der Waals surface area contributed by atoms with Crippen LogP contribution in [0.25, 0.3) is 11.1 Å². The maximum Gasteiger partial charge on any atom is 0.301 e. The lowest BCUT2D eigenvalue weighted by Crippen LogP contribution is -2.28. The van der Waals surface area contributed by atoms with Gasteiger partial charge in [-0.25, -0.2) is 8.42 Å². The summed E-state index contributed by atoms with van der Waals surface area (Å²) in [5.74, 6) is -0.479. The highest BCUT2D eigenvalue weighted by Crippen LogP contribution is 2.36. The van der Waals surface area contributed by atoms with Crippen LogP contribution in [0.2, 0.25) is 0 Å². The molecule has 1 amide bonds. The maximum atomic E-state index is 13.0. The van der Waals surface area contributed by atoms with Crippen LogP contribution in [0.15, 0.2) is 70.9 Å². The van der Waals surface area contributed by atoms with Gasteiger partial charge >= 0.3 is 5.91 Å². The third-order valence-corrected chi connectivity index (χ3v) is 6.13. The van der Waals surface area contributed by atoms with Crippen LogP contribution in [-0.2, 0) is 14.8 Å². The van der Waals surface area contributed by atoms with Crippen LogP contribution in [0, 0.1) is 13.8 Å². The van der Waals surface area contributed by atoms with E-state index in [1.54, 1.807) is 49.4 Å². The zero-order valence-corrected chi connectivity index (χ0v) is 20.5. The van der Waals surface area contributed by atoms with Crippen molar-refractivity contribution in [3.63, 3.8) is 0 Å². The molecule has 35 heavy (non-hydrogen) atoms. The number of rotatable bonds is 6. The summed E-state index contributed by atoms with van der Waals surface area (Å²) in [5.41, 5.74) is 7.87. The second kappa shape index (κ2) is 9.22. The molecule has 180 valence electrons. The topological polar surface area (TPSA) is 123 Å². The van der Waals surface area contributed by atoms with Crippen LogP contribution < -0.4 is 15.2 Å². The van der Waals surface area contributed by atoms with Crippen molar-refractivity contribution in [2.45, 2.75) is 20.8 Å². The quantitative estimate of drug-likeness (QED) is 0.352. The van der Waals surface area contributed by atoms with E-state index >= 15 is 0 Å². The monoisotopic (exact) mass is 491 g/mol. The Bertz CT molecular complexity index is 1500. The normalized spacial score (nSPS) is 14.9. The molecular formula is C25H25N5O4S. The van der Waals surface area contributed by atoms with Crippen LogP contribution in [-0.4, -0.2) is 37.1 Å². The van der Waals surface area contributed by atoms with Gasteiger partial charge in [0.2, 0.25) is 10.0 Å². The number of para-hydroxylation sites is 1. The van der Waals surface area contributed by atoms with Crippen LogP contribution in [0.5, 0.6) is 5.75 Å². The molecule has 3 N–H and O–H groups in total. The van der Waals surface area contributed by atoms with Gasteiger partial charge in [-0.2, -0.15) is 15.2 Å². The van der Waals surface area contributed by atoms with Crippen molar-refractivity contribution < 1.29 is 18.3 Å². The molecule has 1 heterocycles. The van der Waals surface area contributed by atoms with E-state index in [0.29, 0.717) is 28.2 Å². The largest absolute Gasteiger partial charge is 0.505 e. The van der Waals surface area contributed by atoms with Crippen LogP contribution in [0.3, 0.4) is 0 Å². The Morgan fingerprint density at radius 3 is 2.43 bits per heavy atom. The summed E-state index contributed by atoms with van der Waals surface area (Å²) in [4.78, 5) is 13.0. The molecular weight excluding hydrogens is 466 g/mol. The number of aromatic hydroxyl groups is 1. The van der Waals surface area contributed by atoms with Crippen molar-refractivity contribution in [2.24, 2.45) is 10.2 Å². The van der Waals surface area contributed by atoms with E-state index in [-0.39, 0.29) is 23.1 Å². The summed E-state index contributed by atoms with van der Waals surface area (Å²) < 4.78 is 25.5. The molecule has 0 unspecified atom stereocenters. The third-order valence-electron chi connectivity index (χ3n) is 5.52. The van der Waals surface area contributed by atoms with Gasteiger partial charge in [0, 0.05) is 11.3 Å². The summed E-state index contributed by atoms with van der Waals surface area (Å²) in [6.07, 6.45) is 1.07. The van der Waals surface area contributed by atoms with Gasteiger partial charge in [-0.15, -0.1) is 0 Å². The van der Waals surface area contributed by atoms with Gasteiger partial charge in [0.05, 0.1) is 23.3 Å². The van der Waals surface area contributed by atoms with E-state index in [4.69, 9.17) is 0 Å². The van der Waals surface area contributed by atoms with E-state index in [2.05, 4.69) is 20.4 Å². The average Bonchev–Trinajstić information content (AvgIpc) is 3.07. The van der Waals surface area contributed by atoms with E-state index in [1.165, 1.54) is 5.01 Å². The Morgan fingerprint density at radius 2 is 1.71 bits per heavy atom. The van der Waals surface area contributed by atoms with Gasteiger partial charge in [0.15, 0.2) is 5.71 Å². The zero-order valence-electron chi connectivity index (χ0n) is 19.7. The first-order valence-electron chi connectivity index (χ1n) is 10.7. The minimum atomic E-state index is -3.44. The molecule has 0 aromatic heterocycles. The maximum absolute atomic E-state index is 13.0. The van der Waals surface area contributed by atoms with Gasteiger partial charge in [-0.1, -0.05) is 30.3 Å². The predicted octanol–water partition coefficient (Wildman–Crippen LogP) is 4.24. The number of carbonyl (C=O) groups excluding carboxylic acids is 1. The van der Waals surface area contributed by atoms with Crippen molar-refractivity contribution >= 4 is 44.4 Å². The molecule has 0 fully saturated rings. The average molecular weight is 492 g/mol. The fourth-order valence-corrected chi connectivity index (χ4v) is 4.16. The van der Waals surface area contributed by atoms with Crippen molar-refractivity contribution in [3.05, 3.63) is 71.8 Å². The number of hydrogen-bond acceptors (Lipinski definition) is 7. The summed E-state index contributed by atoms with van der Waals surface area (Å²) in [6, 6.07) is 17.3. The van der Waals surface area contributed by atoms with Crippen LogP contribution in [0.1, 0.15) is 18.1 Å². The summed E-state index contributed by atoms with van der Waals surface area (Å²) in [7, 11) is -3.44. The number of hydrazone groups is 2. The van der Waals surface area contributed by atoms with Crippen molar-refractivity contribution in [2.75, 3.05) is 21.4 Å². The van der Waals surface area contributed by atoms with E-state index in [0.717, 1.165) is 17.4 Å². The number of anilines is 3. The standard InChI is InChI=1S/C25H25N5O4S/c1-15-11-12-20(13-16(15)2)30-25(32)23(17(3)28-30)27-26-22-10-6-9-21(24(22)31)18-7-5-8-19(14-18)29-35(4,33)34/h5-14,26,29,31H,1-4H3. The van der Waals surface area contributed by atoms with Gasteiger partial charge in [0.25, 0.3) is 0 Å². The lowest BCUT2D eigenvalue weighted by atomic mass is 10.0. The van der Waals surface area contributed by atoms with Gasteiger partial charge in [-0.3, -0.25) is 14.9 Å². The highest BCUT2D eigenvalue weighted by Gasteiger charge is 2.31. The molecule has 0 bridgehead atoms. The molecule has 3 aromatic carbocycles. The van der Waals surface area contributed by atoms with Gasteiger partial charge in [-0.05, 0) is 67.8 Å². The molecule has 4 rings (SSSR count). The van der Waals surface area contributed by atoms with Crippen molar-refractivity contribution in [3.8, 4) is 16.9 Å². The van der Waals surface area contributed by atoms with E-state index in [9.17, 15) is 18.3 Å². The molecule has 9 nitrogen and oxygen atoms in total. The fraction of sp³-hybridized carbons (Fsp3) is 0.160. The molecule has 0 radical (unpaired) electrons. The van der Waals surface area contributed by atoms with Crippen molar-refractivity contribution in [1.82, 2.24) is 0 Å². The molecule has 0 saturated heterocycles. The number of sulfonamides is 1. The Balaban J connectivity index is 1.59. The van der Waals surface area contributed by atoms with Gasteiger partial charge in [0.1, 0.15) is 5.75 Å². The van der Waals surface area contributed by atoms with Crippen LogP contribution in [0.4, 0.5) is 17.1 Å². The number of benzene rings is 3. The summed E-state index contributed by atoms with van der Waals surface area (Å²) in [5, 5.41) is 20.7. The van der Waals surface area contributed by atoms with E-state index in [1.807, 2.05) is 32.0 Å². The highest BCUT2D eigenvalue weighted by atomic mass is 32.2. The Morgan fingerprint density at radius 1 is 0.971 bits per heavy atom. The Hall–Kier alpha value is -4.18. The van der Waals surface area contributed by atoms with Crippen LogP contribution >= 0.6 is 0 Å². The predicted molar refractivity (Wildman–Crippen MR) is 140 cm³/mol. The highest BCUT2D eigenvalue weighted by molar-refractivity contribution is 7.92. The number of aryl methyl sites for hydroxylation is 2. The molecule has 0 atom stereocenters. The number of nitrogens with one attached hydrogen (secondary N) is 2. The first-order valence-corrected chi connectivity index (χ1v) is 12.6. The summed E-state index contributed by atoms with van der Waals surface area (Å²) >= 11 is 0. The number of amides is 1. The number of phenolic OH excluding ortho intramolecular Hbond substituents is 1. The number of hydrogen-bond donors (Lipinski definition) is 3. The number of phenols is 1. The molecule has 1 aliphatic rings. The first kappa shape index (κ1) is 24.0. The lowest BCUT2D eigenvalue weighted by molar-refractivity contribution is -0.112. The smallest absolute Gasteiger partial charge is 0.301 e. The first-order chi connectivity index (χ1) is 16.5. The minimum absolute atomic E-state index is 0.0978. The lowest BCUT2D eigenvalue weighted by Gasteiger charge is -2.13. The second-order valence-electron chi connectivity index (χ2n) is 8.30. The Labute approximate surface area is 203 Å². The SMILES string of the molecule is CC1=NN(c2ccc(C)c(C)c2)C(=O)C1=NNc1cccc(-c2cccc(NS(C)(=O)=O)c2)c1O. The third kappa shape index (κ3) is 5.17. The van der Waals surface area contributed by atoms with Crippen molar-refractivity contribution in [1.29, 1.82) is 0 Å². The molecule has 0 aliphatic carbocycles. The molecule has 0 spiro atoms. The Kier molecular flexibility index (Phi) is 6.31. The molecule has 3 aromatic rings. The molecule has 0 saturated carbocycles. The summed E-state index contributed by atoms with van der Waals surface area (Å²) in [6.45, 7) is 5.65. The van der Waals surface area contributed by atoms with E-state index < -0.39 is 10.0 Å². The number of carbonyl (C=O) groups is 1. The minimum Gasteiger partial charge on any atom is -0.505 e.